The molecule has 110 valence electrons. The predicted octanol–water partition coefficient (Wildman–Crippen LogP) is 2.34. The van der Waals surface area contributed by atoms with Gasteiger partial charge in [0.25, 0.3) is 0 Å². The Labute approximate surface area is 114 Å². The first-order valence-electron chi connectivity index (χ1n) is 6.25. The van der Waals surface area contributed by atoms with Crippen LogP contribution in [0.5, 0.6) is 17.2 Å². The predicted molar refractivity (Wildman–Crippen MR) is 64.2 cm³/mol. The van der Waals surface area contributed by atoms with Gasteiger partial charge in [0.1, 0.15) is 0 Å². The number of methoxy groups -OCH3 is 1. The standard InChI is InChI=1S/C13H14F3NO3/c1-18-11-9-5-17(6-13(14,15)16)3-2-8(9)4-10-12(11)20-7-19-10/h4H,2-3,5-7H2,1H3. The smallest absolute Gasteiger partial charge is 0.401 e. The monoisotopic (exact) mass is 289 g/mol. The summed E-state index contributed by atoms with van der Waals surface area (Å²) in [6, 6.07) is 1.84. The summed E-state index contributed by atoms with van der Waals surface area (Å²) in [7, 11) is 1.49. The summed E-state index contributed by atoms with van der Waals surface area (Å²) >= 11 is 0. The average Bonchev–Trinajstić information content (AvgIpc) is 2.81. The van der Waals surface area contributed by atoms with Crippen LogP contribution in [0.3, 0.4) is 0 Å². The molecule has 0 saturated heterocycles. The van der Waals surface area contributed by atoms with E-state index in [1.165, 1.54) is 12.0 Å². The van der Waals surface area contributed by atoms with Crippen LogP contribution in [0.2, 0.25) is 0 Å². The molecule has 0 atom stereocenters. The largest absolute Gasteiger partial charge is 0.492 e. The SMILES string of the molecule is COc1c2c(cc3c1OCO3)CCN(CC(F)(F)F)C2. The van der Waals surface area contributed by atoms with Gasteiger partial charge in [0, 0.05) is 18.7 Å². The molecule has 20 heavy (non-hydrogen) atoms. The summed E-state index contributed by atoms with van der Waals surface area (Å²) in [5, 5.41) is 0. The lowest BCUT2D eigenvalue weighted by Crippen LogP contribution is -2.38. The van der Waals surface area contributed by atoms with Gasteiger partial charge in [-0.15, -0.1) is 0 Å². The number of rotatable bonds is 2. The first kappa shape index (κ1) is 13.4. The van der Waals surface area contributed by atoms with Crippen molar-refractivity contribution in [3.05, 3.63) is 17.2 Å². The van der Waals surface area contributed by atoms with Crippen LogP contribution in [0.25, 0.3) is 0 Å². The molecule has 1 aromatic rings. The molecule has 0 radical (unpaired) electrons. The van der Waals surface area contributed by atoms with Gasteiger partial charge in [-0.1, -0.05) is 0 Å². The molecule has 0 spiro atoms. The molecule has 1 aromatic carbocycles. The zero-order valence-electron chi connectivity index (χ0n) is 10.9. The zero-order chi connectivity index (χ0) is 14.3. The highest BCUT2D eigenvalue weighted by molar-refractivity contribution is 5.60. The van der Waals surface area contributed by atoms with Gasteiger partial charge in [0.05, 0.1) is 13.7 Å². The molecule has 0 fully saturated rings. The highest BCUT2D eigenvalue weighted by atomic mass is 19.4. The third-order valence-electron chi connectivity index (χ3n) is 3.50. The summed E-state index contributed by atoms with van der Waals surface area (Å²) in [4.78, 5) is 1.37. The van der Waals surface area contributed by atoms with Crippen LogP contribution >= 0.6 is 0 Å². The number of benzene rings is 1. The molecule has 2 aliphatic rings. The van der Waals surface area contributed by atoms with Gasteiger partial charge >= 0.3 is 6.18 Å². The maximum atomic E-state index is 12.5. The third-order valence-corrected chi connectivity index (χ3v) is 3.50. The molecule has 0 bridgehead atoms. The molecule has 0 amide bonds. The van der Waals surface area contributed by atoms with E-state index in [9.17, 15) is 13.2 Å². The van der Waals surface area contributed by atoms with Crippen LogP contribution in [0.1, 0.15) is 11.1 Å². The Morgan fingerprint density at radius 1 is 1.35 bits per heavy atom. The first-order valence-corrected chi connectivity index (χ1v) is 6.25. The summed E-state index contributed by atoms with van der Waals surface area (Å²) in [6.07, 6.45) is -3.65. The van der Waals surface area contributed by atoms with Gasteiger partial charge in [-0.05, 0) is 18.1 Å². The first-order chi connectivity index (χ1) is 9.48. The van der Waals surface area contributed by atoms with Crippen molar-refractivity contribution in [3.8, 4) is 17.2 Å². The molecule has 2 heterocycles. The zero-order valence-corrected chi connectivity index (χ0v) is 10.9. The molecule has 0 N–H and O–H groups in total. The fourth-order valence-electron chi connectivity index (χ4n) is 2.68. The highest BCUT2D eigenvalue weighted by Gasteiger charge is 2.34. The van der Waals surface area contributed by atoms with Gasteiger partial charge in [0.15, 0.2) is 11.5 Å². The van der Waals surface area contributed by atoms with E-state index in [1.807, 2.05) is 6.07 Å². The van der Waals surface area contributed by atoms with Crippen molar-refractivity contribution in [2.45, 2.75) is 19.1 Å². The van der Waals surface area contributed by atoms with Crippen LogP contribution in [0, 0.1) is 0 Å². The quantitative estimate of drug-likeness (QED) is 0.836. The van der Waals surface area contributed by atoms with Gasteiger partial charge < -0.3 is 14.2 Å². The van der Waals surface area contributed by atoms with Crippen LogP contribution in [0.4, 0.5) is 13.2 Å². The van der Waals surface area contributed by atoms with E-state index < -0.39 is 12.7 Å². The number of halogens is 3. The molecule has 4 nitrogen and oxygen atoms in total. The Kier molecular flexibility index (Phi) is 3.16. The van der Waals surface area contributed by atoms with Gasteiger partial charge in [0.2, 0.25) is 12.5 Å². The average molecular weight is 289 g/mol. The number of fused-ring (bicyclic) bond motifs is 2. The topological polar surface area (TPSA) is 30.9 Å². The van der Waals surface area contributed by atoms with Crippen molar-refractivity contribution in [2.24, 2.45) is 0 Å². The molecule has 7 heteroatoms. The molecule has 3 rings (SSSR count). The van der Waals surface area contributed by atoms with Gasteiger partial charge in [-0.3, -0.25) is 4.90 Å². The van der Waals surface area contributed by atoms with E-state index in [4.69, 9.17) is 14.2 Å². The van der Waals surface area contributed by atoms with Crippen LogP contribution in [-0.4, -0.2) is 38.1 Å². The van der Waals surface area contributed by atoms with Gasteiger partial charge in [-0.25, -0.2) is 0 Å². The Balaban J connectivity index is 1.92. The second-order valence-corrected chi connectivity index (χ2v) is 4.86. The summed E-state index contributed by atoms with van der Waals surface area (Å²) in [5.41, 5.74) is 1.72. The minimum Gasteiger partial charge on any atom is -0.492 e. The minimum atomic E-state index is -4.19. The summed E-state index contributed by atoms with van der Waals surface area (Å²) < 4.78 is 53.5. The number of alkyl halides is 3. The maximum absolute atomic E-state index is 12.5. The van der Waals surface area contributed by atoms with Crippen molar-refractivity contribution >= 4 is 0 Å². The Morgan fingerprint density at radius 2 is 2.15 bits per heavy atom. The molecule has 2 aliphatic heterocycles. The molecular formula is C13H14F3NO3. The number of ether oxygens (including phenoxy) is 3. The van der Waals surface area contributed by atoms with Crippen molar-refractivity contribution in [1.82, 2.24) is 4.90 Å². The Hall–Kier alpha value is -1.63. The maximum Gasteiger partial charge on any atom is 0.401 e. The van der Waals surface area contributed by atoms with Crippen molar-refractivity contribution < 1.29 is 27.4 Å². The highest BCUT2D eigenvalue weighted by Crippen LogP contribution is 2.46. The summed E-state index contributed by atoms with van der Waals surface area (Å²) in [6.45, 7) is -0.227. The normalized spacial score (nSPS) is 18.0. The summed E-state index contributed by atoms with van der Waals surface area (Å²) in [5.74, 6) is 1.58. The van der Waals surface area contributed by atoms with E-state index in [2.05, 4.69) is 0 Å². The number of nitrogens with zero attached hydrogens (tertiary/aromatic N) is 1. The minimum absolute atomic E-state index is 0.112. The number of hydrogen-bond acceptors (Lipinski definition) is 4. The van der Waals surface area contributed by atoms with Gasteiger partial charge in [-0.2, -0.15) is 13.2 Å². The molecular weight excluding hydrogens is 275 g/mol. The van der Waals surface area contributed by atoms with Crippen molar-refractivity contribution in [2.75, 3.05) is 27.0 Å². The molecule has 0 saturated carbocycles. The van der Waals surface area contributed by atoms with Crippen molar-refractivity contribution in [1.29, 1.82) is 0 Å². The third kappa shape index (κ3) is 2.37. The Bertz CT molecular complexity index is 531. The fraction of sp³-hybridized carbons (Fsp3) is 0.538. The van der Waals surface area contributed by atoms with E-state index in [1.54, 1.807) is 0 Å². The lowest BCUT2D eigenvalue weighted by atomic mass is 9.97. The van der Waals surface area contributed by atoms with Crippen LogP contribution in [0.15, 0.2) is 6.07 Å². The molecule has 0 unspecified atom stereocenters. The van der Waals surface area contributed by atoms with Crippen molar-refractivity contribution in [3.63, 3.8) is 0 Å². The van der Waals surface area contributed by atoms with Crippen LogP contribution in [-0.2, 0) is 13.0 Å². The second kappa shape index (κ2) is 4.73. The lowest BCUT2D eigenvalue weighted by molar-refractivity contribution is -0.147. The Morgan fingerprint density at radius 3 is 2.85 bits per heavy atom. The van der Waals surface area contributed by atoms with Crippen LogP contribution < -0.4 is 14.2 Å². The van der Waals surface area contributed by atoms with E-state index in [0.717, 1.165) is 11.1 Å². The molecule has 0 aromatic heterocycles. The fourth-order valence-corrected chi connectivity index (χ4v) is 2.68. The molecule has 0 aliphatic carbocycles. The van der Waals surface area contributed by atoms with E-state index in [-0.39, 0.29) is 13.3 Å². The second-order valence-electron chi connectivity index (χ2n) is 4.86. The van der Waals surface area contributed by atoms with E-state index in [0.29, 0.717) is 30.2 Å². The lowest BCUT2D eigenvalue weighted by Gasteiger charge is -2.30. The van der Waals surface area contributed by atoms with E-state index >= 15 is 0 Å². The number of hydrogen-bond donors (Lipinski definition) is 0.